The average Bonchev–Trinajstić information content (AvgIpc) is 3.16. The minimum absolute atomic E-state index is 0.195. The molecule has 124 valence electrons. The predicted octanol–water partition coefficient (Wildman–Crippen LogP) is 1.51. The lowest BCUT2D eigenvalue weighted by molar-refractivity contribution is -0.123. The van der Waals surface area contributed by atoms with E-state index in [-0.39, 0.29) is 11.8 Å². The molecule has 4 amide bonds. The lowest BCUT2D eigenvalue weighted by Crippen LogP contribution is -2.52. The molecule has 0 saturated heterocycles. The first-order chi connectivity index (χ1) is 10.6. The van der Waals surface area contributed by atoms with Gasteiger partial charge in [-0.1, -0.05) is 25.7 Å². The zero-order chi connectivity index (χ0) is 15.8. The lowest BCUT2D eigenvalue weighted by atomic mass is 10.0. The molecule has 0 aliphatic heterocycles. The largest absolute Gasteiger partial charge is 0.352 e. The summed E-state index contributed by atoms with van der Waals surface area (Å²) < 4.78 is 0. The molecule has 2 rings (SSSR count). The first-order valence-electron chi connectivity index (χ1n) is 8.27. The molecule has 0 radical (unpaired) electrons. The van der Waals surface area contributed by atoms with E-state index in [9.17, 15) is 14.4 Å². The number of nitrogens with one attached hydrogen (secondary N) is 4. The van der Waals surface area contributed by atoms with Crippen molar-refractivity contribution < 1.29 is 14.4 Å². The van der Waals surface area contributed by atoms with Gasteiger partial charge in [0.1, 0.15) is 0 Å². The normalized spacial score (nSPS) is 18.9. The zero-order valence-corrected chi connectivity index (χ0v) is 13.0. The second-order valence-electron chi connectivity index (χ2n) is 6.38. The number of amides is 4. The molecule has 7 heteroatoms. The van der Waals surface area contributed by atoms with Crippen LogP contribution in [0.4, 0.5) is 4.79 Å². The summed E-state index contributed by atoms with van der Waals surface area (Å²) in [5, 5.41) is 0. The molecule has 2 aliphatic carbocycles. The molecule has 22 heavy (non-hydrogen) atoms. The van der Waals surface area contributed by atoms with Gasteiger partial charge in [0.15, 0.2) is 0 Å². The first kappa shape index (κ1) is 16.6. The van der Waals surface area contributed by atoms with E-state index < -0.39 is 6.03 Å². The minimum atomic E-state index is -0.639. The smallest absolute Gasteiger partial charge is 0.273 e. The number of rotatable bonds is 4. The molecular formula is C15H26N4O3. The van der Waals surface area contributed by atoms with Crippen LogP contribution in [0, 0.1) is 11.8 Å². The fraction of sp³-hybridized carbons (Fsp3) is 0.800. The van der Waals surface area contributed by atoms with Crippen LogP contribution < -0.4 is 21.7 Å². The van der Waals surface area contributed by atoms with Crippen molar-refractivity contribution in [2.45, 2.75) is 64.2 Å². The van der Waals surface area contributed by atoms with Crippen LogP contribution in [0.5, 0.6) is 0 Å². The SMILES string of the molecule is O=C(CC1CCCC1)NNC(=O)NNC(=O)CC1CCCC1. The Hall–Kier alpha value is -1.79. The highest BCUT2D eigenvalue weighted by atomic mass is 16.2. The topological polar surface area (TPSA) is 99.3 Å². The van der Waals surface area contributed by atoms with Crippen molar-refractivity contribution in [3.63, 3.8) is 0 Å². The van der Waals surface area contributed by atoms with Gasteiger partial charge in [0, 0.05) is 12.8 Å². The van der Waals surface area contributed by atoms with E-state index in [1.54, 1.807) is 0 Å². The van der Waals surface area contributed by atoms with Crippen molar-refractivity contribution in [1.82, 2.24) is 21.7 Å². The van der Waals surface area contributed by atoms with Crippen molar-refractivity contribution in [3.05, 3.63) is 0 Å². The summed E-state index contributed by atoms with van der Waals surface area (Å²) in [6, 6.07) is -0.639. The summed E-state index contributed by atoms with van der Waals surface area (Å²) in [4.78, 5) is 34.7. The van der Waals surface area contributed by atoms with Crippen LogP contribution in [0.1, 0.15) is 64.2 Å². The van der Waals surface area contributed by atoms with Crippen molar-refractivity contribution in [1.29, 1.82) is 0 Å². The highest BCUT2D eigenvalue weighted by molar-refractivity contribution is 5.83. The third-order valence-electron chi connectivity index (χ3n) is 4.53. The van der Waals surface area contributed by atoms with Gasteiger partial charge in [-0.15, -0.1) is 0 Å². The maximum absolute atomic E-state index is 11.6. The maximum atomic E-state index is 11.6. The van der Waals surface area contributed by atoms with Crippen LogP contribution in [-0.2, 0) is 9.59 Å². The monoisotopic (exact) mass is 310 g/mol. The van der Waals surface area contributed by atoms with Crippen molar-refractivity contribution in [2.75, 3.05) is 0 Å². The number of urea groups is 1. The summed E-state index contributed by atoms with van der Waals surface area (Å²) in [7, 11) is 0. The molecule has 0 unspecified atom stereocenters. The molecule has 4 N–H and O–H groups in total. The molecule has 0 aromatic heterocycles. The van der Waals surface area contributed by atoms with Crippen LogP contribution >= 0.6 is 0 Å². The van der Waals surface area contributed by atoms with Gasteiger partial charge in [0.05, 0.1) is 0 Å². The Kier molecular flexibility index (Phi) is 6.48. The van der Waals surface area contributed by atoms with Gasteiger partial charge >= 0.3 is 6.03 Å². The molecule has 0 aromatic carbocycles. The molecule has 0 heterocycles. The maximum Gasteiger partial charge on any atom is 0.352 e. The van der Waals surface area contributed by atoms with Crippen molar-refractivity contribution in [3.8, 4) is 0 Å². The Labute approximate surface area is 130 Å². The predicted molar refractivity (Wildman–Crippen MR) is 81.1 cm³/mol. The molecule has 2 saturated carbocycles. The summed E-state index contributed by atoms with van der Waals surface area (Å²) in [5.41, 5.74) is 9.19. The third kappa shape index (κ3) is 5.91. The Bertz CT molecular complexity index is 366. The van der Waals surface area contributed by atoms with E-state index >= 15 is 0 Å². The molecule has 0 atom stereocenters. The van der Waals surface area contributed by atoms with E-state index in [4.69, 9.17) is 0 Å². The van der Waals surface area contributed by atoms with E-state index in [1.165, 1.54) is 25.7 Å². The minimum Gasteiger partial charge on any atom is -0.273 e. The number of hydrazine groups is 2. The van der Waals surface area contributed by atoms with E-state index in [2.05, 4.69) is 21.7 Å². The third-order valence-corrected chi connectivity index (χ3v) is 4.53. The van der Waals surface area contributed by atoms with Gasteiger partial charge in [0.2, 0.25) is 11.8 Å². The highest BCUT2D eigenvalue weighted by Gasteiger charge is 2.19. The van der Waals surface area contributed by atoms with E-state index in [0.717, 1.165) is 25.7 Å². The molecule has 2 aliphatic rings. The lowest BCUT2D eigenvalue weighted by Gasteiger charge is -2.13. The fourth-order valence-electron chi connectivity index (χ4n) is 3.34. The standard InChI is InChI=1S/C15H26N4O3/c20-13(9-11-5-1-2-6-11)16-18-15(22)19-17-14(21)10-12-7-3-4-8-12/h11-12H,1-10H2,(H,16,20)(H,17,21)(H2,18,19,22). The average molecular weight is 310 g/mol. The van der Waals surface area contributed by atoms with Crippen LogP contribution in [0.15, 0.2) is 0 Å². The highest BCUT2D eigenvalue weighted by Crippen LogP contribution is 2.27. The van der Waals surface area contributed by atoms with Gasteiger partial charge in [-0.3, -0.25) is 20.4 Å². The molecule has 0 spiro atoms. The van der Waals surface area contributed by atoms with E-state index in [1.807, 2.05) is 0 Å². The second-order valence-corrected chi connectivity index (χ2v) is 6.38. The Morgan fingerprint density at radius 3 is 1.36 bits per heavy atom. The van der Waals surface area contributed by atoms with Gasteiger partial charge in [-0.05, 0) is 37.5 Å². The van der Waals surface area contributed by atoms with Crippen LogP contribution in [-0.4, -0.2) is 17.8 Å². The van der Waals surface area contributed by atoms with Gasteiger partial charge in [0.25, 0.3) is 0 Å². The Balaban J connectivity index is 1.53. The summed E-state index contributed by atoms with van der Waals surface area (Å²) in [6.45, 7) is 0. The Morgan fingerprint density at radius 2 is 1.00 bits per heavy atom. The van der Waals surface area contributed by atoms with Crippen molar-refractivity contribution >= 4 is 17.8 Å². The second kappa shape index (κ2) is 8.60. The molecular weight excluding hydrogens is 284 g/mol. The van der Waals surface area contributed by atoms with Crippen LogP contribution in [0.2, 0.25) is 0 Å². The van der Waals surface area contributed by atoms with Gasteiger partial charge in [-0.25, -0.2) is 15.6 Å². The van der Waals surface area contributed by atoms with E-state index in [0.29, 0.717) is 24.7 Å². The zero-order valence-electron chi connectivity index (χ0n) is 13.0. The number of hydrogen-bond acceptors (Lipinski definition) is 3. The van der Waals surface area contributed by atoms with Crippen molar-refractivity contribution in [2.24, 2.45) is 11.8 Å². The summed E-state index contributed by atoms with van der Waals surface area (Å²) in [5.74, 6) is 0.464. The summed E-state index contributed by atoms with van der Waals surface area (Å²) >= 11 is 0. The molecule has 0 bridgehead atoms. The quantitative estimate of drug-likeness (QED) is 0.592. The van der Waals surface area contributed by atoms with Crippen LogP contribution in [0.3, 0.4) is 0 Å². The number of carbonyl (C=O) groups excluding carboxylic acids is 3. The van der Waals surface area contributed by atoms with Gasteiger partial charge in [-0.2, -0.15) is 0 Å². The first-order valence-corrected chi connectivity index (χ1v) is 8.27. The number of carbonyl (C=O) groups is 3. The number of hydrogen-bond donors (Lipinski definition) is 4. The summed E-state index contributed by atoms with van der Waals surface area (Å²) in [6.07, 6.45) is 9.92. The molecule has 0 aromatic rings. The fourth-order valence-corrected chi connectivity index (χ4v) is 3.34. The molecule has 7 nitrogen and oxygen atoms in total. The Morgan fingerprint density at radius 1 is 0.636 bits per heavy atom. The van der Waals surface area contributed by atoms with Gasteiger partial charge < -0.3 is 0 Å². The van der Waals surface area contributed by atoms with Crippen LogP contribution in [0.25, 0.3) is 0 Å². The molecule has 2 fully saturated rings.